The lowest BCUT2D eigenvalue weighted by Gasteiger charge is -2.23. The Morgan fingerprint density at radius 3 is 2.81 bits per heavy atom. The average Bonchev–Trinajstić information content (AvgIpc) is 3.43. The molecule has 1 atom stereocenters. The number of aryl methyl sites for hydroxylation is 1. The predicted molar refractivity (Wildman–Crippen MR) is 102 cm³/mol. The number of imidazole rings is 1. The van der Waals surface area contributed by atoms with Crippen molar-refractivity contribution in [1.82, 2.24) is 29.9 Å². The first-order valence-corrected chi connectivity index (χ1v) is 9.32. The maximum absolute atomic E-state index is 12.9. The molecule has 3 heterocycles. The van der Waals surface area contributed by atoms with E-state index in [0.717, 1.165) is 47.3 Å². The molecule has 27 heavy (non-hydrogen) atoms. The second-order valence-electron chi connectivity index (χ2n) is 6.94. The molecule has 1 fully saturated rings. The van der Waals surface area contributed by atoms with Gasteiger partial charge in [-0.1, -0.05) is 29.5 Å². The van der Waals surface area contributed by atoms with Crippen molar-refractivity contribution in [3.8, 4) is 0 Å². The molecule has 1 N–H and O–H groups in total. The van der Waals surface area contributed by atoms with Gasteiger partial charge in [-0.2, -0.15) is 0 Å². The fourth-order valence-electron chi connectivity index (χ4n) is 3.91. The molecule has 0 radical (unpaired) electrons. The fraction of sp³-hybridized carbons (Fsp3) is 0.300. The Morgan fingerprint density at radius 1 is 1.11 bits per heavy atom. The van der Waals surface area contributed by atoms with Gasteiger partial charge in [-0.3, -0.25) is 4.79 Å². The van der Waals surface area contributed by atoms with E-state index in [1.165, 1.54) is 0 Å². The number of H-pyrrole nitrogens is 1. The summed E-state index contributed by atoms with van der Waals surface area (Å²) in [6.07, 6.45) is 2.35. The summed E-state index contributed by atoms with van der Waals surface area (Å²) in [6.45, 7) is 1.31. The number of likely N-dealkylation sites (tertiary alicyclic amines) is 1. The number of aromatic nitrogens is 5. The molecule has 1 amide bonds. The lowest BCUT2D eigenvalue weighted by molar-refractivity contribution is -0.132. The molecule has 7 nitrogen and oxygen atoms in total. The van der Waals surface area contributed by atoms with Gasteiger partial charge in [0.05, 0.1) is 29.1 Å². The zero-order chi connectivity index (χ0) is 18.2. The summed E-state index contributed by atoms with van der Waals surface area (Å²) in [5.41, 5.74) is 3.77. The molecule has 2 aromatic carbocycles. The Labute approximate surface area is 156 Å². The molecule has 1 aliphatic heterocycles. The topological polar surface area (TPSA) is 79.7 Å². The monoisotopic (exact) mass is 360 g/mol. The van der Waals surface area contributed by atoms with E-state index >= 15 is 0 Å². The van der Waals surface area contributed by atoms with Gasteiger partial charge >= 0.3 is 0 Å². The normalized spacial score (nSPS) is 17.2. The van der Waals surface area contributed by atoms with Crippen molar-refractivity contribution in [3.63, 3.8) is 0 Å². The number of para-hydroxylation sites is 3. The number of hydrogen-bond donors (Lipinski definition) is 1. The van der Waals surface area contributed by atoms with Crippen LogP contribution in [-0.2, 0) is 11.3 Å². The summed E-state index contributed by atoms with van der Waals surface area (Å²) in [5.74, 6) is 1.02. The summed E-state index contributed by atoms with van der Waals surface area (Å²) in [4.78, 5) is 22.9. The van der Waals surface area contributed by atoms with Crippen molar-refractivity contribution < 1.29 is 4.79 Å². The minimum atomic E-state index is 0.0254. The summed E-state index contributed by atoms with van der Waals surface area (Å²) in [7, 11) is 0. The number of amides is 1. The number of aromatic amines is 1. The lowest BCUT2D eigenvalue weighted by Crippen LogP contribution is -2.31. The first-order valence-electron chi connectivity index (χ1n) is 9.32. The van der Waals surface area contributed by atoms with E-state index in [1.54, 1.807) is 4.68 Å². The zero-order valence-corrected chi connectivity index (χ0v) is 14.9. The molecule has 136 valence electrons. The van der Waals surface area contributed by atoms with Gasteiger partial charge in [0, 0.05) is 13.0 Å². The minimum absolute atomic E-state index is 0.0254. The number of nitrogens with one attached hydrogen (secondary N) is 1. The van der Waals surface area contributed by atoms with Crippen LogP contribution >= 0.6 is 0 Å². The van der Waals surface area contributed by atoms with Gasteiger partial charge in [0.1, 0.15) is 11.3 Å². The van der Waals surface area contributed by atoms with Crippen LogP contribution in [0.5, 0.6) is 0 Å². The average molecular weight is 360 g/mol. The Hall–Kier alpha value is -3.22. The number of hydrogen-bond acceptors (Lipinski definition) is 4. The van der Waals surface area contributed by atoms with E-state index in [4.69, 9.17) is 4.98 Å². The summed E-state index contributed by atoms with van der Waals surface area (Å²) in [5, 5.41) is 8.33. The second kappa shape index (κ2) is 6.50. The Kier molecular flexibility index (Phi) is 3.85. The molecule has 1 saturated heterocycles. The molecule has 2 aromatic heterocycles. The van der Waals surface area contributed by atoms with Crippen molar-refractivity contribution in [3.05, 3.63) is 54.4 Å². The molecule has 0 bridgehead atoms. The van der Waals surface area contributed by atoms with E-state index in [-0.39, 0.29) is 11.9 Å². The van der Waals surface area contributed by atoms with Crippen molar-refractivity contribution in [2.45, 2.75) is 31.8 Å². The first kappa shape index (κ1) is 16.0. The highest BCUT2D eigenvalue weighted by atomic mass is 16.2. The second-order valence-corrected chi connectivity index (χ2v) is 6.94. The third kappa shape index (κ3) is 2.85. The van der Waals surface area contributed by atoms with Crippen LogP contribution in [0.15, 0.2) is 48.5 Å². The summed E-state index contributed by atoms with van der Waals surface area (Å²) >= 11 is 0. The van der Waals surface area contributed by atoms with Gasteiger partial charge in [0.2, 0.25) is 5.91 Å². The summed E-state index contributed by atoms with van der Waals surface area (Å²) < 4.78 is 1.81. The van der Waals surface area contributed by atoms with E-state index in [2.05, 4.69) is 15.3 Å². The van der Waals surface area contributed by atoms with E-state index in [9.17, 15) is 4.79 Å². The number of benzene rings is 2. The molecule has 5 rings (SSSR count). The van der Waals surface area contributed by atoms with E-state index in [1.807, 2.05) is 53.4 Å². The standard InChI is InChI=1S/C20H20N6O/c27-19(11-13-26-17-9-4-3-8-16(17)23-24-26)25-12-5-10-18(25)20-21-14-6-1-2-7-15(14)22-20/h1-4,6-9,18H,5,10-13H2,(H,21,22)/t18-/m0/s1. The van der Waals surface area contributed by atoms with Gasteiger partial charge in [-0.25, -0.2) is 9.67 Å². The molecule has 0 saturated carbocycles. The molecule has 0 unspecified atom stereocenters. The highest BCUT2D eigenvalue weighted by molar-refractivity contribution is 5.78. The van der Waals surface area contributed by atoms with Crippen LogP contribution in [0.4, 0.5) is 0 Å². The number of carbonyl (C=O) groups is 1. The molecular formula is C20H20N6O. The van der Waals surface area contributed by atoms with Gasteiger partial charge < -0.3 is 9.88 Å². The van der Waals surface area contributed by atoms with Gasteiger partial charge in [-0.15, -0.1) is 5.10 Å². The van der Waals surface area contributed by atoms with Crippen LogP contribution in [0, 0.1) is 0 Å². The first-order chi connectivity index (χ1) is 13.3. The maximum Gasteiger partial charge on any atom is 0.225 e. The smallest absolute Gasteiger partial charge is 0.225 e. The molecule has 1 aliphatic rings. The van der Waals surface area contributed by atoms with Crippen LogP contribution in [0.3, 0.4) is 0 Å². The Morgan fingerprint density at radius 2 is 1.93 bits per heavy atom. The lowest BCUT2D eigenvalue weighted by atomic mass is 10.2. The fourth-order valence-corrected chi connectivity index (χ4v) is 3.91. The van der Waals surface area contributed by atoms with Crippen LogP contribution in [0.2, 0.25) is 0 Å². The highest BCUT2D eigenvalue weighted by Crippen LogP contribution is 2.32. The number of fused-ring (bicyclic) bond motifs is 2. The number of rotatable bonds is 4. The largest absolute Gasteiger partial charge is 0.340 e. The molecule has 0 aliphatic carbocycles. The number of nitrogens with zero attached hydrogens (tertiary/aromatic N) is 5. The Balaban J connectivity index is 1.33. The third-order valence-electron chi connectivity index (χ3n) is 5.25. The van der Waals surface area contributed by atoms with Gasteiger partial charge in [0.25, 0.3) is 0 Å². The minimum Gasteiger partial charge on any atom is -0.340 e. The molecule has 0 spiro atoms. The highest BCUT2D eigenvalue weighted by Gasteiger charge is 2.31. The van der Waals surface area contributed by atoms with Crippen LogP contribution in [-0.4, -0.2) is 42.3 Å². The Bertz CT molecular complexity index is 1080. The zero-order valence-electron chi connectivity index (χ0n) is 14.9. The van der Waals surface area contributed by atoms with Crippen LogP contribution in [0.1, 0.15) is 31.1 Å². The number of carbonyl (C=O) groups excluding carboxylic acids is 1. The van der Waals surface area contributed by atoms with Crippen molar-refractivity contribution in [1.29, 1.82) is 0 Å². The van der Waals surface area contributed by atoms with Crippen LogP contribution < -0.4 is 0 Å². The van der Waals surface area contributed by atoms with Gasteiger partial charge in [0.15, 0.2) is 0 Å². The van der Waals surface area contributed by atoms with Crippen molar-refractivity contribution in [2.75, 3.05) is 6.54 Å². The molecular weight excluding hydrogens is 340 g/mol. The quantitative estimate of drug-likeness (QED) is 0.607. The SMILES string of the molecule is O=C(CCn1nnc2ccccc21)N1CCC[C@H]1c1nc2ccccc2[nH]1. The van der Waals surface area contributed by atoms with Crippen molar-refractivity contribution in [2.24, 2.45) is 0 Å². The third-order valence-corrected chi connectivity index (χ3v) is 5.25. The molecule has 4 aromatic rings. The molecule has 7 heteroatoms. The van der Waals surface area contributed by atoms with E-state index < -0.39 is 0 Å². The van der Waals surface area contributed by atoms with E-state index in [0.29, 0.717) is 13.0 Å². The maximum atomic E-state index is 12.9. The summed E-state index contributed by atoms with van der Waals surface area (Å²) in [6, 6.07) is 15.8. The van der Waals surface area contributed by atoms with Crippen LogP contribution in [0.25, 0.3) is 22.1 Å². The van der Waals surface area contributed by atoms with Gasteiger partial charge in [-0.05, 0) is 37.1 Å². The predicted octanol–water partition coefficient (Wildman–Crippen LogP) is 3.06. The van der Waals surface area contributed by atoms with Crippen molar-refractivity contribution >= 4 is 28.0 Å².